The summed E-state index contributed by atoms with van der Waals surface area (Å²) >= 11 is 0. The van der Waals surface area contributed by atoms with Crippen molar-refractivity contribution in [2.24, 2.45) is 0 Å². The SMILES string of the molecule is C[C@@H](C(=O)Nc1ccc2[nH]c(=O)[nH]c2c1)N1CCN(c2ccccc2F)CC1. The number of fused-ring (bicyclic) bond motifs is 1. The predicted molar refractivity (Wildman–Crippen MR) is 107 cm³/mol. The molecule has 0 unspecified atom stereocenters. The average molecular weight is 383 g/mol. The van der Waals surface area contributed by atoms with E-state index in [1.807, 2.05) is 17.9 Å². The number of nitrogens with one attached hydrogen (secondary N) is 3. The van der Waals surface area contributed by atoms with Crippen molar-refractivity contribution in [1.29, 1.82) is 0 Å². The minimum atomic E-state index is -0.316. The summed E-state index contributed by atoms with van der Waals surface area (Å²) in [6, 6.07) is 11.7. The maximum Gasteiger partial charge on any atom is 0.323 e. The molecule has 2 aromatic carbocycles. The van der Waals surface area contributed by atoms with Gasteiger partial charge in [0.25, 0.3) is 0 Å². The van der Waals surface area contributed by atoms with Crippen molar-refractivity contribution in [3.05, 3.63) is 58.8 Å². The third-order valence-electron chi connectivity index (χ3n) is 5.22. The number of hydrogen-bond acceptors (Lipinski definition) is 4. The van der Waals surface area contributed by atoms with Crippen LogP contribution in [0.4, 0.5) is 15.8 Å². The van der Waals surface area contributed by atoms with Gasteiger partial charge in [0.1, 0.15) is 5.82 Å². The molecule has 1 aromatic heterocycles. The molecule has 1 aliphatic heterocycles. The van der Waals surface area contributed by atoms with Crippen molar-refractivity contribution in [1.82, 2.24) is 14.9 Å². The third kappa shape index (κ3) is 3.63. The van der Waals surface area contributed by atoms with Crippen molar-refractivity contribution in [2.75, 3.05) is 36.4 Å². The number of carbonyl (C=O) groups is 1. The van der Waals surface area contributed by atoms with E-state index in [1.165, 1.54) is 6.07 Å². The van der Waals surface area contributed by atoms with E-state index in [4.69, 9.17) is 0 Å². The van der Waals surface area contributed by atoms with Crippen molar-refractivity contribution in [2.45, 2.75) is 13.0 Å². The Bertz CT molecular complexity index is 1050. The quantitative estimate of drug-likeness (QED) is 0.645. The molecule has 0 spiro atoms. The molecule has 3 N–H and O–H groups in total. The summed E-state index contributed by atoms with van der Waals surface area (Å²) in [6.07, 6.45) is 0. The summed E-state index contributed by atoms with van der Waals surface area (Å²) < 4.78 is 14.0. The number of halogens is 1. The summed E-state index contributed by atoms with van der Waals surface area (Å²) in [5.74, 6) is -0.337. The molecular formula is C20H22FN5O2. The van der Waals surface area contributed by atoms with Crippen LogP contribution in [0.2, 0.25) is 0 Å². The molecule has 146 valence electrons. The van der Waals surface area contributed by atoms with Crippen LogP contribution in [0.15, 0.2) is 47.3 Å². The van der Waals surface area contributed by atoms with Crippen molar-refractivity contribution >= 4 is 28.3 Å². The molecular weight excluding hydrogens is 361 g/mol. The van der Waals surface area contributed by atoms with Gasteiger partial charge in [-0.05, 0) is 37.3 Å². The fourth-order valence-electron chi connectivity index (χ4n) is 3.58. The Morgan fingerprint density at radius 3 is 2.54 bits per heavy atom. The van der Waals surface area contributed by atoms with Gasteiger partial charge in [0.2, 0.25) is 5.91 Å². The first-order valence-corrected chi connectivity index (χ1v) is 9.28. The molecule has 1 aliphatic rings. The van der Waals surface area contributed by atoms with Gasteiger partial charge in [-0.2, -0.15) is 0 Å². The van der Waals surface area contributed by atoms with Gasteiger partial charge in [0.05, 0.1) is 22.8 Å². The molecule has 1 fully saturated rings. The number of rotatable bonds is 4. The Kier molecular flexibility index (Phi) is 4.87. The zero-order chi connectivity index (χ0) is 19.7. The Balaban J connectivity index is 1.37. The first kappa shape index (κ1) is 18.2. The number of para-hydroxylation sites is 1. The lowest BCUT2D eigenvalue weighted by Crippen LogP contribution is -2.53. The van der Waals surface area contributed by atoms with Crippen LogP contribution >= 0.6 is 0 Å². The number of hydrogen-bond donors (Lipinski definition) is 3. The minimum Gasteiger partial charge on any atom is -0.367 e. The molecule has 0 saturated carbocycles. The lowest BCUT2D eigenvalue weighted by molar-refractivity contribution is -0.120. The van der Waals surface area contributed by atoms with Crippen LogP contribution in [0.1, 0.15) is 6.92 Å². The second-order valence-electron chi connectivity index (χ2n) is 6.98. The van der Waals surface area contributed by atoms with E-state index < -0.39 is 0 Å². The van der Waals surface area contributed by atoms with E-state index in [2.05, 4.69) is 20.2 Å². The molecule has 0 bridgehead atoms. The summed E-state index contributed by atoms with van der Waals surface area (Å²) in [4.78, 5) is 33.5. The van der Waals surface area contributed by atoms with Crippen LogP contribution in [0, 0.1) is 5.82 Å². The molecule has 0 aliphatic carbocycles. The number of amides is 1. The number of carbonyl (C=O) groups excluding carboxylic acids is 1. The van der Waals surface area contributed by atoms with Gasteiger partial charge in [-0.15, -0.1) is 0 Å². The Labute approximate surface area is 161 Å². The van der Waals surface area contributed by atoms with Gasteiger partial charge >= 0.3 is 5.69 Å². The van der Waals surface area contributed by atoms with E-state index in [0.29, 0.717) is 48.6 Å². The predicted octanol–water partition coefficient (Wildman–Crippen LogP) is 2.14. The highest BCUT2D eigenvalue weighted by Gasteiger charge is 2.26. The van der Waals surface area contributed by atoms with Crippen LogP contribution in [0.25, 0.3) is 11.0 Å². The molecule has 3 aromatic rings. The number of benzene rings is 2. The van der Waals surface area contributed by atoms with Crippen LogP contribution in [0.5, 0.6) is 0 Å². The Morgan fingerprint density at radius 2 is 1.79 bits per heavy atom. The van der Waals surface area contributed by atoms with E-state index in [-0.39, 0.29) is 23.5 Å². The number of imidazole rings is 1. The maximum absolute atomic E-state index is 14.0. The summed E-state index contributed by atoms with van der Waals surface area (Å²) in [7, 11) is 0. The maximum atomic E-state index is 14.0. The van der Waals surface area contributed by atoms with Gasteiger partial charge in [-0.1, -0.05) is 12.1 Å². The molecule has 0 radical (unpaired) electrons. The van der Waals surface area contributed by atoms with E-state index >= 15 is 0 Å². The topological polar surface area (TPSA) is 84.2 Å². The van der Waals surface area contributed by atoms with E-state index in [9.17, 15) is 14.0 Å². The fourth-order valence-corrected chi connectivity index (χ4v) is 3.58. The number of piperazine rings is 1. The molecule has 4 rings (SSSR count). The van der Waals surface area contributed by atoms with Gasteiger partial charge < -0.3 is 20.2 Å². The summed E-state index contributed by atoms with van der Waals surface area (Å²) in [5.41, 5.74) is 2.30. The molecule has 1 atom stereocenters. The smallest absolute Gasteiger partial charge is 0.323 e. The summed E-state index contributed by atoms with van der Waals surface area (Å²) in [6.45, 7) is 4.54. The second-order valence-corrected chi connectivity index (χ2v) is 6.98. The number of nitrogens with zero attached hydrogens (tertiary/aromatic N) is 2. The van der Waals surface area contributed by atoms with Crippen LogP contribution in [-0.2, 0) is 4.79 Å². The lowest BCUT2D eigenvalue weighted by Gasteiger charge is -2.38. The first-order chi connectivity index (χ1) is 13.5. The van der Waals surface area contributed by atoms with Gasteiger partial charge in [0.15, 0.2) is 0 Å². The van der Waals surface area contributed by atoms with Crippen LogP contribution in [-0.4, -0.2) is 53.0 Å². The average Bonchev–Trinajstić information content (AvgIpc) is 3.07. The number of aromatic nitrogens is 2. The van der Waals surface area contributed by atoms with Gasteiger partial charge in [0, 0.05) is 31.9 Å². The fraction of sp³-hybridized carbons (Fsp3) is 0.300. The highest BCUT2D eigenvalue weighted by molar-refractivity contribution is 5.96. The first-order valence-electron chi connectivity index (χ1n) is 9.28. The third-order valence-corrected chi connectivity index (χ3v) is 5.22. The molecule has 1 saturated heterocycles. The van der Waals surface area contributed by atoms with E-state index in [0.717, 1.165) is 0 Å². The Morgan fingerprint density at radius 1 is 1.07 bits per heavy atom. The highest BCUT2D eigenvalue weighted by atomic mass is 19.1. The van der Waals surface area contributed by atoms with Crippen LogP contribution in [0.3, 0.4) is 0 Å². The lowest BCUT2D eigenvalue weighted by atomic mass is 10.2. The molecule has 8 heteroatoms. The molecule has 1 amide bonds. The normalized spacial score (nSPS) is 16.3. The van der Waals surface area contributed by atoms with Gasteiger partial charge in [-0.25, -0.2) is 9.18 Å². The number of aromatic amines is 2. The van der Waals surface area contributed by atoms with Crippen molar-refractivity contribution in [3.8, 4) is 0 Å². The highest BCUT2D eigenvalue weighted by Crippen LogP contribution is 2.21. The largest absolute Gasteiger partial charge is 0.367 e. The summed E-state index contributed by atoms with van der Waals surface area (Å²) in [5, 5.41) is 2.90. The Hall–Kier alpha value is -3.13. The monoisotopic (exact) mass is 383 g/mol. The molecule has 2 heterocycles. The number of anilines is 2. The zero-order valence-electron chi connectivity index (χ0n) is 15.5. The zero-order valence-corrected chi connectivity index (χ0v) is 15.5. The molecule has 7 nitrogen and oxygen atoms in total. The minimum absolute atomic E-state index is 0.114. The van der Waals surface area contributed by atoms with Crippen molar-refractivity contribution in [3.63, 3.8) is 0 Å². The molecule has 28 heavy (non-hydrogen) atoms. The van der Waals surface area contributed by atoms with Gasteiger partial charge in [-0.3, -0.25) is 9.69 Å². The standard InChI is InChI=1S/C20H22FN5O2/c1-13(19(27)22-14-6-7-16-17(12-14)24-20(28)23-16)25-8-10-26(11-9-25)18-5-3-2-4-15(18)21/h2-7,12-13H,8-11H2,1H3,(H,22,27)(H2,23,24,28)/t13-/m0/s1. The van der Waals surface area contributed by atoms with E-state index in [1.54, 1.807) is 30.3 Å². The number of H-pyrrole nitrogens is 2. The second kappa shape index (κ2) is 7.47. The van der Waals surface area contributed by atoms with Crippen LogP contribution < -0.4 is 15.9 Å². The van der Waals surface area contributed by atoms with Crippen molar-refractivity contribution < 1.29 is 9.18 Å².